The molecule has 0 unspecified atom stereocenters. The Bertz CT molecular complexity index is 594. The highest BCUT2D eigenvalue weighted by Gasteiger charge is 2.13. The predicted octanol–water partition coefficient (Wildman–Crippen LogP) is 2.95. The number of aromatic nitrogens is 3. The molecule has 0 atom stereocenters. The Labute approximate surface area is 108 Å². The molecule has 0 radical (unpaired) electrons. The largest absolute Gasteiger partial charge is 0.276 e. The summed E-state index contributed by atoms with van der Waals surface area (Å²) in [4.78, 5) is 14.3. The van der Waals surface area contributed by atoms with E-state index in [-0.39, 0.29) is 16.8 Å². The van der Waals surface area contributed by atoms with Crippen LogP contribution in [0.25, 0.3) is 5.82 Å². The van der Waals surface area contributed by atoms with Crippen molar-refractivity contribution in [3.63, 3.8) is 0 Å². The first kappa shape index (κ1) is 12.5. The number of hydrogen-bond acceptors (Lipinski definition) is 4. The second kappa shape index (κ2) is 4.73. The van der Waals surface area contributed by atoms with Gasteiger partial charge in [-0.1, -0.05) is 25.4 Å². The van der Waals surface area contributed by atoms with Crippen LogP contribution >= 0.6 is 11.6 Å². The minimum atomic E-state index is -0.510. The fourth-order valence-corrected chi connectivity index (χ4v) is 1.66. The number of nitrogens with zero attached hydrogens (tertiary/aromatic N) is 4. The molecular formula is C11H11ClN4O2. The summed E-state index contributed by atoms with van der Waals surface area (Å²) in [6, 6.07) is 4.39. The Kier molecular flexibility index (Phi) is 3.29. The maximum atomic E-state index is 10.7. The van der Waals surface area contributed by atoms with Gasteiger partial charge in [-0.25, -0.2) is 9.67 Å². The molecular weight excluding hydrogens is 256 g/mol. The zero-order chi connectivity index (χ0) is 13.3. The van der Waals surface area contributed by atoms with Crippen LogP contribution in [0.15, 0.2) is 24.4 Å². The van der Waals surface area contributed by atoms with Crippen molar-refractivity contribution in [1.82, 2.24) is 14.8 Å². The molecule has 7 heteroatoms. The summed E-state index contributed by atoms with van der Waals surface area (Å²) in [5.74, 6) is 0.613. The van der Waals surface area contributed by atoms with E-state index in [0.717, 1.165) is 5.69 Å². The topological polar surface area (TPSA) is 73.8 Å². The zero-order valence-electron chi connectivity index (χ0n) is 9.87. The molecule has 2 rings (SSSR count). The van der Waals surface area contributed by atoms with E-state index in [4.69, 9.17) is 11.6 Å². The molecule has 0 aromatic carbocycles. The number of rotatable bonds is 3. The summed E-state index contributed by atoms with van der Waals surface area (Å²) < 4.78 is 1.48. The first-order valence-corrected chi connectivity index (χ1v) is 5.73. The van der Waals surface area contributed by atoms with Gasteiger partial charge in [0.05, 0.1) is 22.7 Å². The van der Waals surface area contributed by atoms with E-state index >= 15 is 0 Å². The molecule has 0 aliphatic rings. The Morgan fingerprint density at radius 2 is 2.17 bits per heavy atom. The monoisotopic (exact) mass is 266 g/mol. The third kappa shape index (κ3) is 2.48. The normalized spacial score (nSPS) is 10.9. The molecule has 0 bridgehead atoms. The molecule has 6 nitrogen and oxygen atoms in total. The Hall–Kier alpha value is -1.95. The smallest absolute Gasteiger partial charge is 0.258 e. The van der Waals surface area contributed by atoms with Crippen LogP contribution in [0.4, 0.5) is 5.69 Å². The molecule has 94 valence electrons. The van der Waals surface area contributed by atoms with Gasteiger partial charge in [0.2, 0.25) is 0 Å². The average Bonchev–Trinajstić information content (AvgIpc) is 2.77. The molecule has 0 amide bonds. The van der Waals surface area contributed by atoms with Crippen molar-refractivity contribution >= 4 is 17.3 Å². The Morgan fingerprint density at radius 1 is 1.44 bits per heavy atom. The third-order valence-electron chi connectivity index (χ3n) is 2.41. The summed E-state index contributed by atoms with van der Waals surface area (Å²) in [7, 11) is 0. The van der Waals surface area contributed by atoms with Crippen molar-refractivity contribution in [3.05, 3.63) is 45.4 Å². The fraction of sp³-hybridized carbons (Fsp3) is 0.273. The SMILES string of the molecule is CC(C)c1ccn(-c2cc([N+](=O)[O-])cc(Cl)n2)n1. The molecule has 18 heavy (non-hydrogen) atoms. The van der Waals surface area contributed by atoms with Gasteiger partial charge in [-0.2, -0.15) is 5.10 Å². The van der Waals surface area contributed by atoms with Gasteiger partial charge in [-0.3, -0.25) is 10.1 Å². The fourth-order valence-electron chi connectivity index (χ4n) is 1.47. The zero-order valence-corrected chi connectivity index (χ0v) is 10.6. The van der Waals surface area contributed by atoms with Crippen LogP contribution in [0.5, 0.6) is 0 Å². The molecule has 0 saturated heterocycles. The van der Waals surface area contributed by atoms with Gasteiger partial charge in [0.25, 0.3) is 5.69 Å². The van der Waals surface area contributed by atoms with Crippen molar-refractivity contribution in [2.75, 3.05) is 0 Å². The number of hydrogen-bond donors (Lipinski definition) is 0. The van der Waals surface area contributed by atoms with Crippen LogP contribution in [0.1, 0.15) is 25.5 Å². The standard InChI is InChI=1S/C11H11ClN4O2/c1-7(2)9-3-4-15(14-9)11-6-8(16(17)18)5-10(12)13-11/h3-7H,1-2H3. The Balaban J connectivity index is 2.46. The van der Waals surface area contributed by atoms with Crippen LogP contribution < -0.4 is 0 Å². The minimum absolute atomic E-state index is 0.0702. The van der Waals surface area contributed by atoms with Crippen molar-refractivity contribution < 1.29 is 4.92 Å². The highest BCUT2D eigenvalue weighted by atomic mass is 35.5. The minimum Gasteiger partial charge on any atom is -0.258 e. The molecule has 0 saturated carbocycles. The van der Waals surface area contributed by atoms with Crippen molar-refractivity contribution in [2.24, 2.45) is 0 Å². The summed E-state index contributed by atoms with van der Waals surface area (Å²) in [5, 5.41) is 15.1. The van der Waals surface area contributed by atoms with Gasteiger partial charge >= 0.3 is 0 Å². The van der Waals surface area contributed by atoms with E-state index in [2.05, 4.69) is 10.1 Å². The van der Waals surface area contributed by atoms with Crippen LogP contribution in [0.2, 0.25) is 5.15 Å². The first-order chi connectivity index (χ1) is 8.47. The Morgan fingerprint density at radius 3 is 2.72 bits per heavy atom. The maximum Gasteiger partial charge on any atom is 0.276 e. The molecule has 0 aliphatic carbocycles. The van der Waals surface area contributed by atoms with Gasteiger partial charge < -0.3 is 0 Å². The first-order valence-electron chi connectivity index (χ1n) is 5.35. The van der Waals surface area contributed by atoms with Crippen molar-refractivity contribution in [3.8, 4) is 5.82 Å². The molecule has 0 N–H and O–H groups in total. The van der Waals surface area contributed by atoms with Gasteiger partial charge in [0.1, 0.15) is 5.15 Å². The number of nitro groups is 1. The van der Waals surface area contributed by atoms with Gasteiger partial charge in [-0.15, -0.1) is 0 Å². The van der Waals surface area contributed by atoms with Crippen molar-refractivity contribution in [1.29, 1.82) is 0 Å². The van der Waals surface area contributed by atoms with E-state index in [1.165, 1.54) is 16.8 Å². The van der Waals surface area contributed by atoms with Gasteiger partial charge in [0, 0.05) is 6.20 Å². The predicted molar refractivity (Wildman–Crippen MR) is 67.1 cm³/mol. The van der Waals surface area contributed by atoms with E-state index in [1.807, 2.05) is 19.9 Å². The highest BCUT2D eigenvalue weighted by molar-refractivity contribution is 6.29. The molecule has 0 aliphatic heterocycles. The second-order valence-electron chi connectivity index (χ2n) is 4.10. The third-order valence-corrected chi connectivity index (χ3v) is 2.61. The molecule has 0 spiro atoms. The van der Waals surface area contributed by atoms with Crippen LogP contribution in [0, 0.1) is 10.1 Å². The molecule has 2 heterocycles. The lowest BCUT2D eigenvalue weighted by Gasteiger charge is -2.02. The number of halogens is 1. The highest BCUT2D eigenvalue weighted by Crippen LogP contribution is 2.20. The van der Waals surface area contributed by atoms with Crippen molar-refractivity contribution in [2.45, 2.75) is 19.8 Å². The maximum absolute atomic E-state index is 10.7. The summed E-state index contributed by atoms with van der Waals surface area (Å²) in [6.45, 7) is 4.03. The summed E-state index contributed by atoms with van der Waals surface area (Å²) >= 11 is 5.76. The quantitative estimate of drug-likeness (QED) is 0.486. The van der Waals surface area contributed by atoms with Gasteiger partial charge in [0.15, 0.2) is 5.82 Å². The summed E-state index contributed by atoms with van der Waals surface area (Å²) in [5.41, 5.74) is 0.783. The molecule has 2 aromatic heterocycles. The summed E-state index contributed by atoms with van der Waals surface area (Å²) in [6.07, 6.45) is 1.71. The van der Waals surface area contributed by atoms with Crippen LogP contribution in [-0.2, 0) is 0 Å². The lowest BCUT2D eigenvalue weighted by molar-refractivity contribution is -0.384. The van der Waals surface area contributed by atoms with Gasteiger partial charge in [-0.05, 0) is 12.0 Å². The average molecular weight is 267 g/mol. The van der Waals surface area contributed by atoms with Crippen LogP contribution in [-0.4, -0.2) is 19.7 Å². The number of pyridine rings is 1. The van der Waals surface area contributed by atoms with E-state index in [9.17, 15) is 10.1 Å². The molecule has 2 aromatic rings. The second-order valence-corrected chi connectivity index (χ2v) is 4.49. The van der Waals surface area contributed by atoms with E-state index in [0.29, 0.717) is 5.82 Å². The van der Waals surface area contributed by atoms with Crippen LogP contribution in [0.3, 0.4) is 0 Å². The lowest BCUT2D eigenvalue weighted by Crippen LogP contribution is -2.01. The van der Waals surface area contributed by atoms with E-state index < -0.39 is 4.92 Å². The molecule has 0 fully saturated rings. The van der Waals surface area contributed by atoms with E-state index in [1.54, 1.807) is 6.20 Å². The lowest BCUT2D eigenvalue weighted by atomic mass is 10.1.